The van der Waals surface area contributed by atoms with Gasteiger partial charge in [-0.25, -0.2) is 0 Å². The minimum Gasteiger partial charge on any atom is -0.398 e. The average molecular weight is 254 g/mol. The van der Waals surface area contributed by atoms with Gasteiger partial charge in [-0.2, -0.15) is 4.98 Å². The maximum absolute atomic E-state index is 5.89. The molecule has 17 heavy (non-hydrogen) atoms. The molecule has 0 saturated heterocycles. The predicted octanol–water partition coefficient (Wildman–Crippen LogP) is 2.51. The number of rotatable bonds is 4. The maximum Gasteiger partial charge on any atom is 0.260 e. The molecule has 5 nitrogen and oxygen atoms in total. The number of nitrogens with zero attached hydrogens (tertiary/aromatic N) is 2. The van der Waals surface area contributed by atoms with Crippen molar-refractivity contribution in [2.45, 2.75) is 13.5 Å². The van der Waals surface area contributed by atoms with Crippen molar-refractivity contribution in [3.63, 3.8) is 0 Å². The van der Waals surface area contributed by atoms with Crippen LogP contribution < -0.4 is 5.73 Å². The topological polar surface area (TPSA) is 74.2 Å². The number of nitrogen functional groups attached to an aromatic ring is 1. The third-order valence-electron chi connectivity index (χ3n) is 2.15. The van der Waals surface area contributed by atoms with Crippen LogP contribution in [0.15, 0.2) is 22.7 Å². The first-order chi connectivity index (χ1) is 8.20. The van der Waals surface area contributed by atoms with Crippen molar-refractivity contribution in [1.29, 1.82) is 0 Å². The second kappa shape index (κ2) is 5.16. The zero-order chi connectivity index (χ0) is 12.3. The van der Waals surface area contributed by atoms with Gasteiger partial charge in [0.25, 0.3) is 5.89 Å². The molecule has 0 spiro atoms. The highest BCUT2D eigenvalue weighted by Crippen LogP contribution is 2.27. The molecule has 0 aliphatic rings. The predicted molar refractivity (Wildman–Crippen MR) is 64.5 cm³/mol. The number of hydrogen-bond donors (Lipinski definition) is 1. The monoisotopic (exact) mass is 253 g/mol. The van der Waals surface area contributed by atoms with Crippen molar-refractivity contribution in [2.24, 2.45) is 0 Å². The third kappa shape index (κ3) is 2.75. The van der Waals surface area contributed by atoms with Crippen LogP contribution in [0.4, 0.5) is 5.69 Å². The summed E-state index contributed by atoms with van der Waals surface area (Å²) in [5, 5.41) is 4.36. The Morgan fingerprint density at radius 1 is 1.47 bits per heavy atom. The lowest BCUT2D eigenvalue weighted by Crippen LogP contribution is -1.94. The number of ether oxygens (including phenoxy) is 1. The Morgan fingerprint density at radius 3 is 3.06 bits per heavy atom. The molecule has 6 heteroatoms. The normalized spacial score (nSPS) is 10.7. The maximum atomic E-state index is 5.89. The zero-order valence-electron chi connectivity index (χ0n) is 9.31. The molecule has 0 unspecified atom stereocenters. The van der Waals surface area contributed by atoms with Crippen LogP contribution in [0.2, 0.25) is 5.02 Å². The van der Waals surface area contributed by atoms with Gasteiger partial charge in [-0.3, -0.25) is 0 Å². The first kappa shape index (κ1) is 11.9. The number of aromatic nitrogens is 2. The summed E-state index contributed by atoms with van der Waals surface area (Å²) in [5.74, 6) is 0.834. The lowest BCUT2D eigenvalue weighted by molar-refractivity contribution is 0.126. The second-order valence-electron chi connectivity index (χ2n) is 3.38. The van der Waals surface area contributed by atoms with Gasteiger partial charge in [-0.05, 0) is 25.1 Å². The first-order valence-corrected chi connectivity index (χ1v) is 5.54. The summed E-state index contributed by atoms with van der Waals surface area (Å²) in [5.41, 5.74) is 6.99. The van der Waals surface area contributed by atoms with Crippen molar-refractivity contribution in [1.82, 2.24) is 10.1 Å². The lowest BCUT2D eigenvalue weighted by Gasteiger charge is -2.00. The Hall–Kier alpha value is -1.59. The van der Waals surface area contributed by atoms with Gasteiger partial charge in [0, 0.05) is 17.3 Å². The fourth-order valence-corrected chi connectivity index (χ4v) is 1.50. The largest absolute Gasteiger partial charge is 0.398 e. The molecule has 2 aromatic rings. The summed E-state index contributed by atoms with van der Waals surface area (Å²) < 4.78 is 10.3. The van der Waals surface area contributed by atoms with Crippen LogP contribution in [0.3, 0.4) is 0 Å². The highest BCUT2D eigenvalue weighted by atomic mass is 35.5. The van der Waals surface area contributed by atoms with Gasteiger partial charge in [0.15, 0.2) is 5.82 Å². The van der Waals surface area contributed by atoms with E-state index in [-0.39, 0.29) is 0 Å². The molecular weight excluding hydrogens is 242 g/mol. The van der Waals surface area contributed by atoms with Crippen LogP contribution in [0.25, 0.3) is 11.5 Å². The van der Waals surface area contributed by atoms with E-state index in [0.717, 1.165) is 0 Å². The number of halogens is 1. The smallest absolute Gasteiger partial charge is 0.260 e. The summed E-state index contributed by atoms with van der Waals surface area (Å²) in [6.07, 6.45) is 0. The van der Waals surface area contributed by atoms with E-state index in [4.69, 9.17) is 26.6 Å². The van der Waals surface area contributed by atoms with E-state index in [9.17, 15) is 0 Å². The van der Waals surface area contributed by atoms with Crippen LogP contribution >= 0.6 is 11.6 Å². The number of nitrogens with two attached hydrogens (primary N) is 1. The highest BCUT2D eigenvalue weighted by molar-refractivity contribution is 6.31. The number of hydrogen-bond acceptors (Lipinski definition) is 5. The van der Waals surface area contributed by atoms with Crippen molar-refractivity contribution >= 4 is 17.3 Å². The van der Waals surface area contributed by atoms with Crippen molar-refractivity contribution in [3.8, 4) is 11.5 Å². The second-order valence-corrected chi connectivity index (χ2v) is 3.82. The highest BCUT2D eigenvalue weighted by Gasteiger charge is 2.12. The number of benzene rings is 1. The van der Waals surface area contributed by atoms with Gasteiger partial charge in [-0.1, -0.05) is 16.8 Å². The van der Waals surface area contributed by atoms with Gasteiger partial charge in [0.1, 0.15) is 6.61 Å². The standard InChI is InChI=1S/C11H12ClN3O2/c1-2-16-6-10-14-11(17-15-10)8-5-7(12)3-4-9(8)13/h3-5H,2,6,13H2,1H3. The van der Waals surface area contributed by atoms with Crippen LogP contribution in [-0.4, -0.2) is 16.7 Å². The molecule has 1 aromatic heterocycles. The van der Waals surface area contributed by atoms with Gasteiger partial charge in [0.05, 0.1) is 5.56 Å². The van der Waals surface area contributed by atoms with Gasteiger partial charge in [0.2, 0.25) is 0 Å². The Balaban J connectivity index is 2.27. The zero-order valence-corrected chi connectivity index (χ0v) is 10.1. The summed E-state index contributed by atoms with van der Waals surface area (Å²) in [6.45, 7) is 2.82. The molecular formula is C11H12ClN3O2. The van der Waals surface area contributed by atoms with E-state index < -0.39 is 0 Å². The molecule has 0 aliphatic carbocycles. The van der Waals surface area contributed by atoms with E-state index in [2.05, 4.69) is 10.1 Å². The van der Waals surface area contributed by atoms with Gasteiger partial charge in [-0.15, -0.1) is 0 Å². The first-order valence-electron chi connectivity index (χ1n) is 5.16. The Morgan fingerprint density at radius 2 is 2.29 bits per heavy atom. The van der Waals surface area contributed by atoms with Crippen LogP contribution in [0, 0.1) is 0 Å². The van der Waals surface area contributed by atoms with E-state index in [1.54, 1.807) is 18.2 Å². The SMILES string of the molecule is CCOCc1noc(-c2cc(Cl)ccc2N)n1. The van der Waals surface area contributed by atoms with Crippen LogP contribution in [-0.2, 0) is 11.3 Å². The molecule has 1 heterocycles. The Labute approximate surface area is 104 Å². The van der Waals surface area contributed by atoms with Crippen molar-refractivity contribution in [2.75, 3.05) is 12.3 Å². The van der Waals surface area contributed by atoms with E-state index in [1.165, 1.54) is 0 Å². The molecule has 0 amide bonds. The lowest BCUT2D eigenvalue weighted by atomic mass is 10.2. The molecule has 2 N–H and O–H groups in total. The summed E-state index contributed by atoms with van der Waals surface area (Å²) >= 11 is 5.89. The molecule has 90 valence electrons. The fourth-order valence-electron chi connectivity index (χ4n) is 1.33. The molecule has 0 atom stereocenters. The summed E-state index contributed by atoms with van der Waals surface area (Å²) in [7, 11) is 0. The Kier molecular flexibility index (Phi) is 3.61. The molecule has 0 bridgehead atoms. The molecule has 1 aromatic carbocycles. The Bertz CT molecular complexity index is 513. The fraction of sp³-hybridized carbons (Fsp3) is 0.273. The number of anilines is 1. The van der Waals surface area contributed by atoms with Crippen molar-refractivity contribution < 1.29 is 9.26 Å². The molecule has 0 fully saturated rings. The quantitative estimate of drug-likeness (QED) is 0.848. The van der Waals surface area contributed by atoms with Gasteiger partial charge >= 0.3 is 0 Å². The summed E-state index contributed by atoms with van der Waals surface area (Å²) in [4.78, 5) is 4.18. The van der Waals surface area contributed by atoms with Crippen LogP contribution in [0.1, 0.15) is 12.7 Å². The molecule has 0 radical (unpaired) electrons. The van der Waals surface area contributed by atoms with Gasteiger partial charge < -0.3 is 15.0 Å². The minimum absolute atomic E-state index is 0.320. The summed E-state index contributed by atoms with van der Waals surface area (Å²) in [6, 6.07) is 5.09. The van der Waals surface area contributed by atoms with E-state index >= 15 is 0 Å². The van der Waals surface area contributed by atoms with E-state index in [1.807, 2.05) is 6.92 Å². The third-order valence-corrected chi connectivity index (χ3v) is 2.38. The van der Waals surface area contributed by atoms with Crippen molar-refractivity contribution in [3.05, 3.63) is 29.0 Å². The minimum atomic E-state index is 0.320. The molecule has 0 saturated carbocycles. The van der Waals surface area contributed by atoms with Crippen LogP contribution in [0.5, 0.6) is 0 Å². The van der Waals surface area contributed by atoms with E-state index in [0.29, 0.717) is 41.2 Å². The molecule has 2 rings (SSSR count). The molecule has 0 aliphatic heterocycles. The average Bonchev–Trinajstić information content (AvgIpc) is 2.78.